The number of aromatic nitrogens is 1. The minimum Gasteiger partial charge on any atom is -0.474 e. The zero-order chi connectivity index (χ0) is 21.4. The number of hydrogen-bond acceptors (Lipinski definition) is 4. The number of fused-ring (bicyclic) bond motifs is 4. The van der Waals surface area contributed by atoms with Gasteiger partial charge in [-0.2, -0.15) is 0 Å². The lowest BCUT2D eigenvalue weighted by molar-refractivity contribution is -0.157. The molecule has 0 aliphatic carbocycles. The van der Waals surface area contributed by atoms with Crippen molar-refractivity contribution in [2.24, 2.45) is 5.92 Å². The Hall–Kier alpha value is -3.69. The van der Waals surface area contributed by atoms with Gasteiger partial charge in [0.1, 0.15) is 11.5 Å². The van der Waals surface area contributed by atoms with Crippen LogP contribution < -0.4 is 16.2 Å². The molecule has 1 saturated heterocycles. The highest BCUT2D eigenvalue weighted by Gasteiger charge is 2.38. The van der Waals surface area contributed by atoms with E-state index in [1.165, 1.54) is 29.2 Å². The van der Waals surface area contributed by atoms with Gasteiger partial charge in [-0.05, 0) is 42.7 Å². The number of likely N-dealkylation sites (tertiary alicyclic amines) is 1. The van der Waals surface area contributed by atoms with Crippen molar-refractivity contribution in [3.8, 4) is 0 Å². The van der Waals surface area contributed by atoms with Crippen LogP contribution >= 0.6 is 0 Å². The van der Waals surface area contributed by atoms with Crippen molar-refractivity contribution >= 4 is 29.3 Å². The summed E-state index contributed by atoms with van der Waals surface area (Å²) < 4.78 is 14.8. The van der Waals surface area contributed by atoms with Crippen LogP contribution in [0.1, 0.15) is 18.0 Å². The minimum absolute atomic E-state index is 0.0476. The summed E-state index contributed by atoms with van der Waals surface area (Å²) in [6.45, 7) is 0.828. The maximum absolute atomic E-state index is 13.2. The number of anilines is 2. The first kappa shape index (κ1) is 19.6. The standard InChI is InChI=1S/C20H19FN4O5/c21-13-2-1-3-14(7-13)22-20(30)23-15-4-5-16-12-6-11(9-25(16)17(15)26)8-24(10-12)18(27)19(28)29/h1-5,7,11-12H,6,8-10H2,(H,28,29)(H2,22,23,30)/t11-,12+/m0/s1. The Morgan fingerprint density at radius 1 is 1.07 bits per heavy atom. The van der Waals surface area contributed by atoms with Crippen molar-refractivity contribution < 1.29 is 23.9 Å². The molecule has 2 aromatic rings. The van der Waals surface area contributed by atoms with Crippen molar-refractivity contribution in [1.29, 1.82) is 0 Å². The molecule has 1 fully saturated rings. The van der Waals surface area contributed by atoms with Gasteiger partial charge in [0.2, 0.25) is 0 Å². The van der Waals surface area contributed by atoms with Gasteiger partial charge in [0.05, 0.1) is 0 Å². The number of benzene rings is 1. The van der Waals surface area contributed by atoms with Crippen LogP contribution in [0.5, 0.6) is 0 Å². The highest BCUT2D eigenvalue weighted by Crippen LogP contribution is 2.35. The van der Waals surface area contributed by atoms with Gasteiger partial charge in [-0.3, -0.25) is 9.59 Å². The second-order valence-electron chi connectivity index (χ2n) is 7.49. The second kappa shape index (κ2) is 7.62. The molecule has 0 spiro atoms. The minimum atomic E-state index is -1.49. The number of nitrogens with one attached hydrogen (secondary N) is 2. The van der Waals surface area contributed by atoms with Crippen LogP contribution in [-0.4, -0.2) is 45.6 Å². The Morgan fingerprint density at radius 3 is 2.60 bits per heavy atom. The number of hydrogen-bond donors (Lipinski definition) is 3. The van der Waals surface area contributed by atoms with E-state index in [0.29, 0.717) is 12.2 Å². The Labute approximate surface area is 170 Å². The van der Waals surface area contributed by atoms with Crippen LogP contribution in [0.25, 0.3) is 0 Å². The normalized spacial score (nSPS) is 19.6. The first-order valence-corrected chi connectivity index (χ1v) is 9.41. The number of carboxylic acids is 1. The van der Waals surface area contributed by atoms with E-state index in [-0.39, 0.29) is 41.9 Å². The molecule has 156 valence electrons. The average molecular weight is 414 g/mol. The molecule has 2 aliphatic heterocycles. The van der Waals surface area contributed by atoms with E-state index in [2.05, 4.69) is 10.6 Å². The molecule has 3 heterocycles. The van der Waals surface area contributed by atoms with Gasteiger partial charge in [0.15, 0.2) is 0 Å². The number of nitrogens with zero attached hydrogens (tertiary/aromatic N) is 2. The second-order valence-corrected chi connectivity index (χ2v) is 7.49. The van der Waals surface area contributed by atoms with Crippen LogP contribution in [0.4, 0.5) is 20.6 Å². The molecule has 3 amide bonds. The molecule has 1 aromatic carbocycles. The lowest BCUT2D eigenvalue weighted by atomic mass is 9.83. The fraction of sp³-hybridized carbons (Fsp3) is 0.300. The van der Waals surface area contributed by atoms with Gasteiger partial charge in [-0.15, -0.1) is 0 Å². The van der Waals surface area contributed by atoms with Gasteiger partial charge < -0.3 is 25.2 Å². The zero-order valence-electron chi connectivity index (χ0n) is 15.8. The highest BCUT2D eigenvalue weighted by atomic mass is 19.1. The predicted octanol–water partition coefficient (Wildman–Crippen LogP) is 1.66. The van der Waals surface area contributed by atoms with Crippen LogP contribution in [0.15, 0.2) is 41.2 Å². The van der Waals surface area contributed by atoms with Gasteiger partial charge >= 0.3 is 17.9 Å². The molecule has 10 heteroatoms. The molecule has 0 saturated carbocycles. The monoisotopic (exact) mass is 414 g/mol. The summed E-state index contributed by atoms with van der Waals surface area (Å²) in [6.07, 6.45) is 0.760. The van der Waals surface area contributed by atoms with Gasteiger partial charge in [0, 0.05) is 36.9 Å². The van der Waals surface area contributed by atoms with Gasteiger partial charge in [0.25, 0.3) is 5.56 Å². The molecular weight excluding hydrogens is 395 g/mol. The molecule has 2 aliphatic rings. The molecule has 9 nitrogen and oxygen atoms in total. The van der Waals surface area contributed by atoms with Crippen LogP contribution in [-0.2, 0) is 16.1 Å². The number of pyridine rings is 1. The molecule has 2 atom stereocenters. The highest BCUT2D eigenvalue weighted by molar-refractivity contribution is 6.31. The van der Waals surface area contributed by atoms with Crippen LogP contribution in [0.2, 0.25) is 0 Å². The summed E-state index contributed by atoms with van der Waals surface area (Å²) >= 11 is 0. The number of carbonyl (C=O) groups excluding carboxylic acids is 2. The quantitative estimate of drug-likeness (QED) is 0.646. The smallest absolute Gasteiger partial charge is 0.394 e. The van der Waals surface area contributed by atoms with Gasteiger partial charge in [-0.25, -0.2) is 14.0 Å². The summed E-state index contributed by atoms with van der Waals surface area (Å²) in [5.41, 5.74) is 0.652. The first-order chi connectivity index (χ1) is 14.3. The van der Waals surface area contributed by atoms with E-state index in [0.717, 1.165) is 12.5 Å². The van der Waals surface area contributed by atoms with E-state index in [4.69, 9.17) is 5.11 Å². The first-order valence-electron chi connectivity index (χ1n) is 9.41. The number of piperidine rings is 1. The SMILES string of the molecule is O=C(Nc1cccc(F)c1)Nc1ccc2n(c1=O)C[C@H]1C[C@@H]2CN(C(=O)C(=O)O)C1. The third-order valence-corrected chi connectivity index (χ3v) is 5.41. The number of carbonyl (C=O) groups is 3. The average Bonchev–Trinajstić information content (AvgIpc) is 2.69. The van der Waals surface area contributed by atoms with Crippen LogP contribution in [0.3, 0.4) is 0 Å². The van der Waals surface area contributed by atoms with Crippen molar-refractivity contribution in [1.82, 2.24) is 9.47 Å². The van der Waals surface area contributed by atoms with Crippen molar-refractivity contribution in [3.63, 3.8) is 0 Å². The number of aliphatic carboxylic acids is 1. The third-order valence-electron chi connectivity index (χ3n) is 5.41. The third kappa shape index (κ3) is 3.76. The summed E-state index contributed by atoms with van der Waals surface area (Å²) in [4.78, 5) is 49.2. The summed E-state index contributed by atoms with van der Waals surface area (Å²) in [7, 11) is 0. The molecule has 4 rings (SSSR count). The van der Waals surface area contributed by atoms with E-state index in [1.54, 1.807) is 10.6 Å². The van der Waals surface area contributed by atoms with E-state index in [1.807, 2.05) is 0 Å². The Balaban J connectivity index is 1.52. The maximum atomic E-state index is 13.2. The lowest BCUT2D eigenvalue weighted by Gasteiger charge is -2.42. The summed E-state index contributed by atoms with van der Waals surface area (Å²) in [5, 5.41) is 13.9. The molecule has 30 heavy (non-hydrogen) atoms. The zero-order valence-corrected chi connectivity index (χ0v) is 15.8. The fourth-order valence-corrected chi connectivity index (χ4v) is 4.19. The predicted molar refractivity (Wildman–Crippen MR) is 105 cm³/mol. The number of rotatable bonds is 2. The Bertz CT molecular complexity index is 1100. The van der Waals surface area contributed by atoms with E-state index < -0.39 is 23.7 Å². The molecular formula is C20H19FN4O5. The number of urea groups is 1. The maximum Gasteiger partial charge on any atom is 0.394 e. The fourth-order valence-electron chi connectivity index (χ4n) is 4.19. The number of amides is 3. The van der Waals surface area contributed by atoms with E-state index >= 15 is 0 Å². The summed E-state index contributed by atoms with van der Waals surface area (Å²) in [6, 6.07) is 7.90. The molecule has 1 aromatic heterocycles. The number of halogens is 1. The molecule has 3 N–H and O–H groups in total. The van der Waals surface area contributed by atoms with Crippen molar-refractivity contribution in [2.75, 3.05) is 23.7 Å². The molecule has 2 bridgehead atoms. The van der Waals surface area contributed by atoms with Gasteiger partial charge in [-0.1, -0.05) is 6.07 Å². The van der Waals surface area contributed by atoms with Crippen molar-refractivity contribution in [2.45, 2.75) is 18.9 Å². The summed E-state index contributed by atoms with van der Waals surface area (Å²) in [5.74, 6) is -3.12. The van der Waals surface area contributed by atoms with Crippen molar-refractivity contribution in [3.05, 3.63) is 58.3 Å². The Kier molecular flexibility index (Phi) is 4.98. The Morgan fingerprint density at radius 2 is 1.87 bits per heavy atom. The number of carboxylic acid groups (broad SMARTS) is 1. The molecule has 0 unspecified atom stereocenters. The largest absolute Gasteiger partial charge is 0.474 e. The van der Waals surface area contributed by atoms with E-state index in [9.17, 15) is 23.6 Å². The van der Waals surface area contributed by atoms with Crippen LogP contribution in [0, 0.1) is 11.7 Å². The topological polar surface area (TPSA) is 121 Å². The molecule has 0 radical (unpaired) electrons. The lowest BCUT2D eigenvalue weighted by Crippen LogP contribution is -2.51.